The molecule has 0 unspecified atom stereocenters. The van der Waals surface area contributed by atoms with E-state index in [9.17, 15) is 19.7 Å². The summed E-state index contributed by atoms with van der Waals surface area (Å²) in [5.74, 6) is 1.46. The van der Waals surface area contributed by atoms with E-state index in [-0.39, 0.29) is 17.7 Å². The van der Waals surface area contributed by atoms with E-state index in [1.54, 1.807) is 35.7 Å². The van der Waals surface area contributed by atoms with Gasteiger partial charge in [-0.05, 0) is 44.0 Å². The number of nitrogens with zero attached hydrogens (tertiary/aromatic N) is 6. The third-order valence-electron chi connectivity index (χ3n) is 6.16. The van der Waals surface area contributed by atoms with Crippen molar-refractivity contribution < 1.29 is 19.2 Å². The maximum atomic E-state index is 12.6. The Bertz CT molecular complexity index is 1240. The summed E-state index contributed by atoms with van der Waals surface area (Å²) >= 11 is 1.56. The van der Waals surface area contributed by atoms with Gasteiger partial charge in [0.1, 0.15) is 0 Å². The SMILES string of the molecule is CCOC(=O)N1CCN(C(=O)CCCCSc2nnc(-c3ccc([N+](=O)[O-])cc3)n2-c2ccccc2)CC1. The molecular weight excluding hydrogens is 508 g/mol. The van der Waals surface area contributed by atoms with Gasteiger partial charge >= 0.3 is 6.09 Å². The molecule has 0 radical (unpaired) electrons. The quantitative estimate of drug-likeness (QED) is 0.161. The smallest absolute Gasteiger partial charge is 0.409 e. The zero-order valence-electron chi connectivity index (χ0n) is 21.2. The fourth-order valence-corrected chi connectivity index (χ4v) is 5.10. The van der Waals surface area contributed by atoms with Crippen LogP contribution in [0.5, 0.6) is 0 Å². The van der Waals surface area contributed by atoms with Gasteiger partial charge < -0.3 is 14.5 Å². The summed E-state index contributed by atoms with van der Waals surface area (Å²) in [6, 6.07) is 16.0. The van der Waals surface area contributed by atoms with Crippen molar-refractivity contribution in [2.75, 3.05) is 38.5 Å². The molecule has 1 aliphatic rings. The molecule has 1 fully saturated rings. The number of benzene rings is 2. The number of hydrogen-bond acceptors (Lipinski definition) is 8. The number of amides is 2. The van der Waals surface area contributed by atoms with Gasteiger partial charge in [0.25, 0.3) is 5.69 Å². The first-order valence-corrected chi connectivity index (χ1v) is 13.5. The van der Waals surface area contributed by atoms with Crippen molar-refractivity contribution in [3.8, 4) is 17.1 Å². The normalized spacial score (nSPS) is 13.4. The number of piperazine rings is 1. The first-order valence-electron chi connectivity index (χ1n) is 12.6. The number of ether oxygens (including phenoxy) is 1. The van der Waals surface area contributed by atoms with Crippen molar-refractivity contribution in [1.82, 2.24) is 24.6 Å². The van der Waals surface area contributed by atoms with Crippen molar-refractivity contribution >= 4 is 29.4 Å². The van der Waals surface area contributed by atoms with Crippen LogP contribution >= 0.6 is 11.8 Å². The number of hydrogen-bond donors (Lipinski definition) is 0. The molecule has 3 aromatic rings. The minimum atomic E-state index is -0.429. The average Bonchev–Trinajstić information content (AvgIpc) is 3.37. The third kappa shape index (κ3) is 6.68. The molecule has 1 saturated heterocycles. The molecule has 11 nitrogen and oxygen atoms in total. The number of aromatic nitrogens is 3. The zero-order valence-corrected chi connectivity index (χ0v) is 22.0. The van der Waals surface area contributed by atoms with Crippen molar-refractivity contribution in [3.63, 3.8) is 0 Å². The molecular formula is C26H30N6O5S. The molecule has 4 rings (SSSR count). The lowest BCUT2D eigenvalue weighted by Gasteiger charge is -2.34. The molecule has 38 heavy (non-hydrogen) atoms. The van der Waals surface area contributed by atoms with Gasteiger partial charge in [0, 0.05) is 61.7 Å². The Balaban J connectivity index is 1.32. The molecule has 1 aliphatic heterocycles. The molecule has 0 saturated carbocycles. The number of thioether (sulfide) groups is 1. The molecule has 0 bridgehead atoms. The second-order valence-corrected chi connectivity index (χ2v) is 9.72. The summed E-state index contributed by atoms with van der Waals surface area (Å²) in [5.41, 5.74) is 1.64. The van der Waals surface area contributed by atoms with Crippen LogP contribution in [0.25, 0.3) is 17.1 Å². The van der Waals surface area contributed by atoms with Crippen LogP contribution < -0.4 is 0 Å². The number of nitro groups is 1. The molecule has 2 heterocycles. The van der Waals surface area contributed by atoms with E-state index in [1.807, 2.05) is 39.8 Å². The highest BCUT2D eigenvalue weighted by molar-refractivity contribution is 7.99. The molecule has 200 valence electrons. The third-order valence-corrected chi connectivity index (χ3v) is 7.17. The number of rotatable bonds is 10. The Morgan fingerprint density at radius 3 is 2.32 bits per heavy atom. The van der Waals surface area contributed by atoms with Crippen LogP contribution in [0.1, 0.15) is 26.2 Å². The van der Waals surface area contributed by atoms with Crippen LogP contribution in [0.15, 0.2) is 59.8 Å². The molecule has 2 amide bonds. The number of non-ortho nitro benzene ring substituents is 1. The van der Waals surface area contributed by atoms with Crippen LogP contribution in [-0.2, 0) is 9.53 Å². The summed E-state index contributed by atoms with van der Waals surface area (Å²) in [5, 5.41) is 20.5. The summed E-state index contributed by atoms with van der Waals surface area (Å²) in [6.45, 7) is 4.16. The number of carbonyl (C=O) groups is 2. The second kappa shape index (κ2) is 13.0. The zero-order chi connectivity index (χ0) is 26.9. The number of unbranched alkanes of at least 4 members (excludes halogenated alkanes) is 1. The summed E-state index contributed by atoms with van der Waals surface area (Å²) in [6.07, 6.45) is 1.71. The average molecular weight is 539 g/mol. The highest BCUT2D eigenvalue weighted by Crippen LogP contribution is 2.29. The van der Waals surface area contributed by atoms with E-state index < -0.39 is 4.92 Å². The predicted molar refractivity (Wildman–Crippen MR) is 143 cm³/mol. The standard InChI is InChI=1S/C26H30N6O5S/c1-2-37-26(34)30-17-15-29(16-18-30)23(33)10-6-7-19-38-25-28-27-24(31(25)21-8-4-3-5-9-21)20-11-13-22(14-12-20)32(35)36/h3-5,8-9,11-14H,2,6-7,10,15-19H2,1H3. The largest absolute Gasteiger partial charge is 0.450 e. The van der Waals surface area contributed by atoms with Crippen LogP contribution in [-0.4, -0.2) is 80.0 Å². The number of carbonyl (C=O) groups excluding carboxylic acids is 2. The number of para-hydroxylation sites is 1. The van der Waals surface area contributed by atoms with Crippen LogP contribution in [0.2, 0.25) is 0 Å². The lowest BCUT2D eigenvalue weighted by molar-refractivity contribution is -0.384. The Labute approximate surface area is 224 Å². The van der Waals surface area contributed by atoms with Crippen LogP contribution in [0.3, 0.4) is 0 Å². The Morgan fingerprint density at radius 2 is 1.66 bits per heavy atom. The maximum absolute atomic E-state index is 12.6. The summed E-state index contributed by atoms with van der Waals surface area (Å²) in [4.78, 5) is 38.5. The minimum absolute atomic E-state index is 0.0181. The summed E-state index contributed by atoms with van der Waals surface area (Å²) < 4.78 is 6.97. The van der Waals surface area contributed by atoms with Gasteiger partial charge in [0.05, 0.1) is 11.5 Å². The van der Waals surface area contributed by atoms with E-state index >= 15 is 0 Å². The first-order chi connectivity index (χ1) is 18.5. The van der Waals surface area contributed by atoms with Gasteiger partial charge in [-0.25, -0.2) is 4.79 Å². The van der Waals surface area contributed by atoms with Crippen molar-refractivity contribution in [1.29, 1.82) is 0 Å². The molecule has 2 aromatic carbocycles. The lowest BCUT2D eigenvalue weighted by atomic mass is 10.2. The fourth-order valence-electron chi connectivity index (χ4n) is 4.15. The van der Waals surface area contributed by atoms with Gasteiger partial charge in [-0.15, -0.1) is 10.2 Å². The lowest BCUT2D eigenvalue weighted by Crippen LogP contribution is -2.50. The molecule has 12 heteroatoms. The van der Waals surface area contributed by atoms with Crippen LogP contribution in [0, 0.1) is 10.1 Å². The molecule has 0 spiro atoms. The predicted octanol–water partition coefficient (Wildman–Crippen LogP) is 4.41. The van der Waals surface area contributed by atoms with E-state index in [2.05, 4.69) is 10.2 Å². The Hall–Kier alpha value is -3.93. The van der Waals surface area contributed by atoms with Crippen molar-refractivity contribution in [2.24, 2.45) is 0 Å². The first kappa shape index (κ1) is 27.1. The topological polar surface area (TPSA) is 124 Å². The Morgan fingerprint density at radius 1 is 0.974 bits per heavy atom. The second-order valence-electron chi connectivity index (χ2n) is 8.65. The van der Waals surface area contributed by atoms with Crippen molar-refractivity contribution in [2.45, 2.75) is 31.3 Å². The van der Waals surface area contributed by atoms with Gasteiger partial charge in [-0.2, -0.15) is 0 Å². The molecule has 1 aromatic heterocycles. The minimum Gasteiger partial charge on any atom is -0.450 e. The molecule has 0 atom stereocenters. The van der Waals surface area contributed by atoms with Crippen LogP contribution in [0.4, 0.5) is 10.5 Å². The van der Waals surface area contributed by atoms with Crippen molar-refractivity contribution in [3.05, 3.63) is 64.7 Å². The highest BCUT2D eigenvalue weighted by Gasteiger charge is 2.24. The van der Waals surface area contributed by atoms with E-state index in [1.165, 1.54) is 12.1 Å². The van der Waals surface area contributed by atoms with Gasteiger partial charge in [0.15, 0.2) is 11.0 Å². The fraction of sp³-hybridized carbons (Fsp3) is 0.385. The van der Waals surface area contributed by atoms with Gasteiger partial charge in [0.2, 0.25) is 5.91 Å². The molecule has 0 N–H and O–H groups in total. The molecule has 0 aliphatic carbocycles. The monoisotopic (exact) mass is 538 g/mol. The van der Waals surface area contributed by atoms with Gasteiger partial charge in [-0.3, -0.25) is 19.5 Å². The maximum Gasteiger partial charge on any atom is 0.409 e. The van der Waals surface area contributed by atoms with E-state index in [0.29, 0.717) is 50.2 Å². The Kier molecular flexibility index (Phi) is 9.30. The van der Waals surface area contributed by atoms with E-state index in [4.69, 9.17) is 4.74 Å². The summed E-state index contributed by atoms with van der Waals surface area (Å²) in [7, 11) is 0. The van der Waals surface area contributed by atoms with E-state index in [0.717, 1.165) is 29.8 Å². The highest BCUT2D eigenvalue weighted by atomic mass is 32.2. The van der Waals surface area contributed by atoms with Gasteiger partial charge in [-0.1, -0.05) is 30.0 Å². The number of nitro benzene ring substituents is 1.